The molecule has 2 aliphatic heterocycles. The molecule has 10 heteroatoms. The van der Waals surface area contributed by atoms with Crippen LogP contribution in [0.2, 0.25) is 0 Å². The van der Waals surface area contributed by atoms with Crippen LogP contribution in [0.4, 0.5) is 5.69 Å². The summed E-state index contributed by atoms with van der Waals surface area (Å²) in [5, 5.41) is 31.3. The standard InChI is InChI=1S/C23H27N3O7/c1-4-5-9-24-11-18(33-13-24)12-25-14(2)19(22(27)28)21(20(15(25)3)23(29)30)16-7-6-8-17(10-16)26(31)32/h6-8,10-11,21H,4-5,9,12-13H2,1-3H3,(H,27,28)(H,29,30). The smallest absolute Gasteiger partial charge is 0.334 e. The summed E-state index contributed by atoms with van der Waals surface area (Å²) in [7, 11) is 0. The fourth-order valence-electron chi connectivity index (χ4n) is 4.23. The maximum absolute atomic E-state index is 12.3. The van der Waals surface area contributed by atoms with Crippen LogP contribution in [0.5, 0.6) is 0 Å². The van der Waals surface area contributed by atoms with Crippen LogP contribution < -0.4 is 0 Å². The predicted molar refractivity (Wildman–Crippen MR) is 119 cm³/mol. The molecule has 33 heavy (non-hydrogen) atoms. The van der Waals surface area contributed by atoms with Crippen LogP contribution in [0.1, 0.15) is 45.1 Å². The van der Waals surface area contributed by atoms with Gasteiger partial charge in [0.05, 0.1) is 28.5 Å². The molecule has 176 valence electrons. The van der Waals surface area contributed by atoms with E-state index in [4.69, 9.17) is 4.74 Å². The second kappa shape index (κ2) is 9.76. The first-order chi connectivity index (χ1) is 15.6. The summed E-state index contributed by atoms with van der Waals surface area (Å²) in [6.45, 7) is 6.72. The highest BCUT2D eigenvalue weighted by Gasteiger charge is 2.40. The number of hydrogen-bond donors (Lipinski definition) is 2. The first-order valence-electron chi connectivity index (χ1n) is 10.6. The minimum absolute atomic E-state index is 0.139. The molecular weight excluding hydrogens is 430 g/mol. The number of nitrogens with zero attached hydrogens (tertiary/aromatic N) is 3. The van der Waals surface area contributed by atoms with E-state index in [1.165, 1.54) is 24.3 Å². The van der Waals surface area contributed by atoms with E-state index in [2.05, 4.69) is 6.92 Å². The van der Waals surface area contributed by atoms with Gasteiger partial charge in [0, 0.05) is 36.3 Å². The Labute approximate surface area is 191 Å². The third kappa shape index (κ3) is 4.84. The molecule has 0 radical (unpaired) electrons. The van der Waals surface area contributed by atoms with Crippen LogP contribution in [-0.2, 0) is 14.3 Å². The Hall–Kier alpha value is -3.82. The van der Waals surface area contributed by atoms with E-state index in [0.717, 1.165) is 19.4 Å². The molecule has 10 nitrogen and oxygen atoms in total. The van der Waals surface area contributed by atoms with Crippen molar-refractivity contribution in [3.8, 4) is 0 Å². The number of aliphatic carboxylic acids is 2. The van der Waals surface area contributed by atoms with Crippen molar-refractivity contribution in [2.45, 2.75) is 39.5 Å². The molecule has 0 saturated carbocycles. The van der Waals surface area contributed by atoms with Gasteiger partial charge in [0.2, 0.25) is 0 Å². The van der Waals surface area contributed by atoms with E-state index in [-0.39, 0.29) is 28.9 Å². The minimum atomic E-state index is -1.29. The number of nitro groups is 1. The fraction of sp³-hybridized carbons (Fsp3) is 0.391. The number of allylic oxidation sites excluding steroid dienone is 2. The van der Waals surface area contributed by atoms with Gasteiger partial charge >= 0.3 is 11.9 Å². The summed E-state index contributed by atoms with van der Waals surface area (Å²) in [6, 6.07) is 5.43. The third-order valence-electron chi connectivity index (χ3n) is 5.90. The molecule has 2 aliphatic rings. The molecule has 0 bridgehead atoms. The lowest BCUT2D eigenvalue weighted by molar-refractivity contribution is -0.384. The number of hydrogen-bond acceptors (Lipinski definition) is 7. The van der Waals surface area contributed by atoms with Crippen molar-refractivity contribution in [3.63, 3.8) is 0 Å². The van der Waals surface area contributed by atoms with E-state index < -0.39 is 22.8 Å². The molecule has 0 aliphatic carbocycles. The van der Waals surface area contributed by atoms with Gasteiger partial charge < -0.3 is 24.7 Å². The van der Waals surface area contributed by atoms with Gasteiger partial charge in [-0.1, -0.05) is 25.5 Å². The van der Waals surface area contributed by atoms with E-state index in [0.29, 0.717) is 23.9 Å². The zero-order valence-corrected chi connectivity index (χ0v) is 18.8. The number of non-ortho nitro benzene ring substituents is 1. The van der Waals surface area contributed by atoms with Gasteiger partial charge in [0.1, 0.15) is 5.76 Å². The number of carboxylic acids is 2. The van der Waals surface area contributed by atoms with E-state index in [1.54, 1.807) is 18.7 Å². The summed E-state index contributed by atoms with van der Waals surface area (Å²) in [5.74, 6) is -3.12. The average Bonchev–Trinajstić information content (AvgIpc) is 3.21. The lowest BCUT2D eigenvalue weighted by atomic mass is 9.79. The van der Waals surface area contributed by atoms with Crippen molar-refractivity contribution >= 4 is 17.6 Å². The largest absolute Gasteiger partial charge is 0.478 e. The number of unbranched alkanes of at least 4 members (excludes halogenated alkanes) is 1. The molecule has 1 aromatic rings. The molecule has 0 saturated heterocycles. The molecule has 0 spiro atoms. The van der Waals surface area contributed by atoms with E-state index >= 15 is 0 Å². The van der Waals surface area contributed by atoms with Crippen molar-refractivity contribution in [2.75, 3.05) is 19.8 Å². The van der Waals surface area contributed by atoms with Crippen molar-refractivity contribution in [1.82, 2.24) is 9.80 Å². The molecule has 2 N–H and O–H groups in total. The SMILES string of the molecule is CCCCN1C=C(CN2C(C)=C(C(=O)O)C(c3cccc([N+](=O)[O-])c3)C(C(=O)O)=C2C)OC1. The summed E-state index contributed by atoms with van der Waals surface area (Å²) in [4.78, 5) is 38.9. The van der Waals surface area contributed by atoms with Gasteiger partial charge in [-0.2, -0.15) is 0 Å². The Morgan fingerprint density at radius 3 is 2.36 bits per heavy atom. The highest BCUT2D eigenvalue weighted by atomic mass is 16.6. The molecule has 0 aromatic heterocycles. The Kier molecular flexibility index (Phi) is 7.05. The molecule has 1 aromatic carbocycles. The molecule has 0 amide bonds. The maximum atomic E-state index is 12.3. The highest BCUT2D eigenvalue weighted by molar-refractivity contribution is 5.98. The van der Waals surface area contributed by atoms with Crippen LogP contribution >= 0.6 is 0 Å². The van der Waals surface area contributed by atoms with Crippen molar-refractivity contribution in [2.24, 2.45) is 0 Å². The number of benzene rings is 1. The number of carboxylic acid groups (broad SMARTS) is 2. The first-order valence-corrected chi connectivity index (χ1v) is 10.6. The minimum Gasteiger partial charge on any atom is -0.478 e. The fourth-order valence-corrected chi connectivity index (χ4v) is 4.23. The molecular formula is C23H27N3O7. The Bertz CT molecular complexity index is 1040. The van der Waals surface area contributed by atoms with Crippen LogP contribution in [-0.4, -0.2) is 56.7 Å². The van der Waals surface area contributed by atoms with Gasteiger partial charge in [-0.05, 0) is 25.8 Å². The second-order valence-corrected chi connectivity index (χ2v) is 8.01. The lowest BCUT2D eigenvalue weighted by Crippen LogP contribution is -2.35. The first kappa shape index (κ1) is 23.8. The van der Waals surface area contributed by atoms with Crippen molar-refractivity contribution in [3.05, 3.63) is 74.4 Å². The maximum Gasteiger partial charge on any atom is 0.334 e. The highest BCUT2D eigenvalue weighted by Crippen LogP contribution is 2.43. The Morgan fingerprint density at radius 2 is 1.82 bits per heavy atom. The van der Waals surface area contributed by atoms with Gasteiger partial charge in [-0.25, -0.2) is 9.59 Å². The third-order valence-corrected chi connectivity index (χ3v) is 5.90. The zero-order chi connectivity index (χ0) is 24.3. The number of ether oxygens (including phenoxy) is 1. The van der Waals surface area contributed by atoms with Gasteiger partial charge in [0.25, 0.3) is 5.69 Å². The van der Waals surface area contributed by atoms with Crippen LogP contribution in [0.25, 0.3) is 0 Å². The summed E-state index contributed by atoms with van der Waals surface area (Å²) in [6.07, 6.45) is 3.91. The zero-order valence-electron chi connectivity index (χ0n) is 18.8. The number of nitro benzene ring substituents is 1. The van der Waals surface area contributed by atoms with E-state index in [1.807, 2.05) is 11.1 Å². The van der Waals surface area contributed by atoms with Gasteiger partial charge in [-0.3, -0.25) is 10.1 Å². The monoisotopic (exact) mass is 457 g/mol. The number of carbonyl (C=O) groups is 2. The average molecular weight is 457 g/mol. The van der Waals surface area contributed by atoms with Crippen LogP contribution in [0.3, 0.4) is 0 Å². The molecule has 3 rings (SSSR count). The summed E-state index contributed by atoms with van der Waals surface area (Å²) >= 11 is 0. The molecule has 0 fully saturated rings. The number of rotatable bonds is 9. The van der Waals surface area contributed by atoms with Crippen LogP contribution in [0.15, 0.2) is 58.8 Å². The second-order valence-electron chi connectivity index (χ2n) is 8.01. The van der Waals surface area contributed by atoms with Gasteiger partial charge in [0.15, 0.2) is 6.73 Å². The van der Waals surface area contributed by atoms with Gasteiger partial charge in [-0.15, -0.1) is 0 Å². The summed E-state index contributed by atoms with van der Waals surface area (Å²) in [5.41, 5.74) is 0.437. The topological polar surface area (TPSA) is 133 Å². The van der Waals surface area contributed by atoms with Crippen molar-refractivity contribution < 1.29 is 29.5 Å². The molecule has 0 atom stereocenters. The van der Waals surface area contributed by atoms with E-state index in [9.17, 15) is 29.9 Å². The molecule has 0 unspecified atom stereocenters. The van der Waals surface area contributed by atoms with Crippen molar-refractivity contribution in [1.29, 1.82) is 0 Å². The normalized spacial score (nSPS) is 16.8. The predicted octanol–water partition coefficient (Wildman–Crippen LogP) is 3.64. The summed E-state index contributed by atoms with van der Waals surface area (Å²) < 4.78 is 5.74. The lowest BCUT2D eigenvalue weighted by Gasteiger charge is -2.36. The quantitative estimate of drug-likeness (QED) is 0.421. The Morgan fingerprint density at radius 1 is 1.18 bits per heavy atom. The molecule has 2 heterocycles. The Balaban J connectivity index is 2.07. The van der Waals surface area contributed by atoms with Crippen LogP contribution in [0, 0.1) is 10.1 Å².